The zero-order valence-electron chi connectivity index (χ0n) is 12.3. The van der Waals surface area contributed by atoms with E-state index in [0.29, 0.717) is 6.42 Å². The molecule has 0 aromatic heterocycles. The predicted octanol–water partition coefficient (Wildman–Crippen LogP) is 2.14. The van der Waals surface area contributed by atoms with Crippen molar-refractivity contribution < 1.29 is 19.0 Å². The molecule has 2 heterocycles. The number of allylic oxidation sites excluding steroid dienone is 1. The van der Waals surface area contributed by atoms with E-state index < -0.39 is 0 Å². The van der Waals surface area contributed by atoms with Gasteiger partial charge in [0.25, 0.3) is 0 Å². The van der Waals surface area contributed by atoms with Gasteiger partial charge in [-0.15, -0.1) is 12.4 Å². The third kappa shape index (κ3) is 4.47. The van der Waals surface area contributed by atoms with Gasteiger partial charge in [-0.1, -0.05) is 12.1 Å². The van der Waals surface area contributed by atoms with Gasteiger partial charge < -0.3 is 14.2 Å². The summed E-state index contributed by atoms with van der Waals surface area (Å²) in [7, 11) is 0. The minimum absolute atomic E-state index is 0. The van der Waals surface area contributed by atoms with Gasteiger partial charge in [-0.3, -0.25) is 9.69 Å². The Hall–Kier alpha value is -1.56. The van der Waals surface area contributed by atoms with E-state index in [2.05, 4.69) is 4.90 Å². The zero-order chi connectivity index (χ0) is 14.5. The summed E-state index contributed by atoms with van der Waals surface area (Å²) in [5.74, 6) is 1.63. The van der Waals surface area contributed by atoms with Gasteiger partial charge in [-0.05, 0) is 23.8 Å². The molecule has 22 heavy (non-hydrogen) atoms. The number of benzene rings is 1. The summed E-state index contributed by atoms with van der Waals surface area (Å²) < 4.78 is 15.9. The number of nitrogens with zero attached hydrogens (tertiary/aromatic N) is 1. The summed E-state index contributed by atoms with van der Waals surface area (Å²) in [6.07, 6.45) is 4.00. The number of hydrogen-bond acceptors (Lipinski definition) is 5. The SMILES string of the molecule is Cl.O=C(/C=C/c1ccc2c(c1)OCO2)CCN1CCOCC1. The first kappa shape index (κ1) is 16.8. The summed E-state index contributed by atoms with van der Waals surface area (Å²) in [6.45, 7) is 4.43. The minimum atomic E-state index is 0. The molecule has 5 nitrogen and oxygen atoms in total. The van der Waals surface area contributed by atoms with Gasteiger partial charge >= 0.3 is 0 Å². The Kier molecular flexibility index (Phi) is 6.24. The largest absolute Gasteiger partial charge is 0.454 e. The molecule has 0 unspecified atom stereocenters. The standard InChI is InChI=1S/C16H19NO4.ClH/c18-14(5-6-17-7-9-19-10-8-17)3-1-13-2-4-15-16(11-13)21-12-20-15;/h1-4,11H,5-10,12H2;1H/b3-1+;. The molecule has 0 bridgehead atoms. The molecular formula is C16H20ClNO4. The van der Waals surface area contributed by atoms with E-state index in [9.17, 15) is 4.79 Å². The van der Waals surface area contributed by atoms with E-state index in [4.69, 9.17) is 14.2 Å². The van der Waals surface area contributed by atoms with Crippen molar-refractivity contribution in [3.63, 3.8) is 0 Å². The van der Waals surface area contributed by atoms with Crippen LogP contribution in [-0.2, 0) is 9.53 Å². The molecule has 2 aliphatic heterocycles. The third-order valence-corrected chi connectivity index (χ3v) is 3.64. The van der Waals surface area contributed by atoms with Crippen LogP contribution in [0, 0.1) is 0 Å². The fourth-order valence-electron chi connectivity index (χ4n) is 2.38. The summed E-state index contributed by atoms with van der Waals surface area (Å²) in [6, 6.07) is 5.66. The maximum Gasteiger partial charge on any atom is 0.231 e. The molecule has 0 aliphatic carbocycles. The summed E-state index contributed by atoms with van der Waals surface area (Å²) in [4.78, 5) is 14.2. The lowest BCUT2D eigenvalue weighted by Gasteiger charge is -2.25. The van der Waals surface area contributed by atoms with Crippen molar-refractivity contribution in [1.82, 2.24) is 4.90 Å². The fourth-order valence-corrected chi connectivity index (χ4v) is 2.38. The van der Waals surface area contributed by atoms with Gasteiger partial charge in [-0.25, -0.2) is 0 Å². The van der Waals surface area contributed by atoms with E-state index in [1.54, 1.807) is 6.08 Å². The van der Waals surface area contributed by atoms with Crippen LogP contribution < -0.4 is 9.47 Å². The molecule has 0 radical (unpaired) electrons. The van der Waals surface area contributed by atoms with Crippen molar-refractivity contribution in [1.29, 1.82) is 0 Å². The molecule has 1 fully saturated rings. The van der Waals surface area contributed by atoms with E-state index >= 15 is 0 Å². The number of morpholine rings is 1. The number of ether oxygens (including phenoxy) is 3. The first-order valence-electron chi connectivity index (χ1n) is 7.22. The highest BCUT2D eigenvalue weighted by atomic mass is 35.5. The molecule has 3 rings (SSSR count). The topological polar surface area (TPSA) is 48.0 Å². The predicted molar refractivity (Wildman–Crippen MR) is 85.7 cm³/mol. The molecule has 120 valence electrons. The van der Waals surface area contributed by atoms with Crippen LogP contribution in [-0.4, -0.2) is 50.3 Å². The van der Waals surface area contributed by atoms with E-state index in [0.717, 1.165) is 49.9 Å². The molecule has 0 saturated carbocycles. The molecule has 6 heteroatoms. The van der Waals surface area contributed by atoms with Gasteiger partial charge in [0.05, 0.1) is 13.2 Å². The molecule has 1 aromatic rings. The number of carbonyl (C=O) groups is 1. The van der Waals surface area contributed by atoms with Crippen LogP contribution in [0.2, 0.25) is 0 Å². The Balaban J connectivity index is 0.00000176. The second-order valence-electron chi connectivity index (χ2n) is 5.12. The van der Waals surface area contributed by atoms with Gasteiger partial charge in [0.15, 0.2) is 17.3 Å². The Morgan fingerprint density at radius 1 is 1.18 bits per heavy atom. The summed E-state index contributed by atoms with van der Waals surface area (Å²) >= 11 is 0. The number of carbonyl (C=O) groups excluding carboxylic acids is 1. The molecule has 2 aliphatic rings. The molecule has 0 atom stereocenters. The summed E-state index contributed by atoms with van der Waals surface area (Å²) in [5, 5.41) is 0. The molecule has 0 amide bonds. The van der Waals surface area contributed by atoms with Crippen molar-refractivity contribution >= 4 is 24.3 Å². The molecule has 1 aromatic carbocycles. The van der Waals surface area contributed by atoms with Crippen LogP contribution in [0.4, 0.5) is 0 Å². The fraction of sp³-hybridized carbons (Fsp3) is 0.438. The maximum absolute atomic E-state index is 11.9. The average Bonchev–Trinajstić information content (AvgIpc) is 2.99. The average molecular weight is 326 g/mol. The summed E-state index contributed by atoms with van der Waals surface area (Å²) in [5.41, 5.74) is 0.943. The Morgan fingerprint density at radius 2 is 1.95 bits per heavy atom. The van der Waals surface area contributed by atoms with E-state index in [1.807, 2.05) is 24.3 Å². The quantitative estimate of drug-likeness (QED) is 0.776. The zero-order valence-corrected chi connectivity index (χ0v) is 13.1. The maximum atomic E-state index is 11.9. The number of fused-ring (bicyclic) bond motifs is 1. The second kappa shape index (κ2) is 8.17. The number of rotatable bonds is 5. The molecular weight excluding hydrogens is 306 g/mol. The molecule has 0 spiro atoms. The minimum Gasteiger partial charge on any atom is -0.454 e. The highest BCUT2D eigenvalue weighted by Crippen LogP contribution is 2.32. The van der Waals surface area contributed by atoms with Crippen LogP contribution in [0.25, 0.3) is 6.08 Å². The van der Waals surface area contributed by atoms with Crippen LogP contribution in [0.1, 0.15) is 12.0 Å². The van der Waals surface area contributed by atoms with Gasteiger partial charge in [0.1, 0.15) is 0 Å². The lowest BCUT2D eigenvalue weighted by molar-refractivity contribution is -0.115. The highest BCUT2D eigenvalue weighted by Gasteiger charge is 2.13. The Bertz CT molecular complexity index is 541. The van der Waals surface area contributed by atoms with E-state index in [1.165, 1.54) is 0 Å². The number of halogens is 1. The van der Waals surface area contributed by atoms with Gasteiger partial charge in [-0.2, -0.15) is 0 Å². The first-order chi connectivity index (χ1) is 10.3. The Labute approximate surface area is 136 Å². The van der Waals surface area contributed by atoms with Crippen molar-refractivity contribution in [3.05, 3.63) is 29.8 Å². The first-order valence-corrected chi connectivity index (χ1v) is 7.22. The van der Waals surface area contributed by atoms with Crippen LogP contribution in [0.5, 0.6) is 11.5 Å². The van der Waals surface area contributed by atoms with Crippen LogP contribution in [0.15, 0.2) is 24.3 Å². The molecule has 1 saturated heterocycles. The smallest absolute Gasteiger partial charge is 0.231 e. The third-order valence-electron chi connectivity index (χ3n) is 3.64. The van der Waals surface area contributed by atoms with E-state index in [-0.39, 0.29) is 25.0 Å². The monoisotopic (exact) mass is 325 g/mol. The van der Waals surface area contributed by atoms with Crippen LogP contribution in [0.3, 0.4) is 0 Å². The van der Waals surface area contributed by atoms with Crippen molar-refractivity contribution in [2.45, 2.75) is 6.42 Å². The lowest BCUT2D eigenvalue weighted by atomic mass is 10.1. The van der Waals surface area contributed by atoms with Gasteiger partial charge in [0.2, 0.25) is 6.79 Å². The second-order valence-corrected chi connectivity index (χ2v) is 5.12. The Morgan fingerprint density at radius 3 is 2.77 bits per heavy atom. The van der Waals surface area contributed by atoms with Crippen molar-refractivity contribution in [2.24, 2.45) is 0 Å². The number of ketones is 1. The normalized spacial score (nSPS) is 17.5. The van der Waals surface area contributed by atoms with Gasteiger partial charge in [0, 0.05) is 26.1 Å². The molecule has 0 N–H and O–H groups in total. The van der Waals surface area contributed by atoms with Crippen LogP contribution >= 0.6 is 12.4 Å². The highest BCUT2D eigenvalue weighted by molar-refractivity contribution is 5.93. The van der Waals surface area contributed by atoms with Crippen molar-refractivity contribution in [3.8, 4) is 11.5 Å². The number of hydrogen-bond donors (Lipinski definition) is 0. The van der Waals surface area contributed by atoms with Crippen molar-refractivity contribution in [2.75, 3.05) is 39.6 Å². The lowest BCUT2D eigenvalue weighted by Crippen LogP contribution is -2.37.